The normalized spacial score (nSPS) is 17.6. The minimum atomic E-state index is -1.46. The lowest BCUT2D eigenvalue weighted by Crippen LogP contribution is -2.59. The van der Waals surface area contributed by atoms with Crippen molar-refractivity contribution in [3.05, 3.63) is 77.9 Å². The van der Waals surface area contributed by atoms with Crippen LogP contribution in [0.2, 0.25) is 0 Å². The van der Waals surface area contributed by atoms with E-state index in [1.165, 1.54) is 41.4 Å². The lowest BCUT2D eigenvalue weighted by molar-refractivity contribution is -0.145. The molecule has 25 heteroatoms. The minimum Gasteiger partial charge on any atom is -0.494 e. The Balaban J connectivity index is 1.31. The maximum atomic E-state index is 14.5. The molecule has 74 heavy (non-hydrogen) atoms. The second-order valence-electron chi connectivity index (χ2n) is 18.3. The highest BCUT2D eigenvalue weighted by molar-refractivity contribution is 6.05. The van der Waals surface area contributed by atoms with Crippen LogP contribution in [0, 0.1) is 11.3 Å². The molecule has 3 aromatic rings. The number of carbonyl (C=O) groups excluding carboxylic acids is 7. The molecule has 2 saturated heterocycles. The topological polar surface area (TPSA) is 387 Å². The summed E-state index contributed by atoms with van der Waals surface area (Å²) in [5.41, 5.74) is 12.2. The predicted octanol–water partition coefficient (Wildman–Crippen LogP) is -0.427. The zero-order valence-corrected chi connectivity index (χ0v) is 41.6. The molecule has 0 aliphatic carbocycles. The number of ether oxygens (including phenoxy) is 1. The summed E-state index contributed by atoms with van der Waals surface area (Å²) in [7, 11) is 1.28. The molecule has 2 fully saturated rings. The minimum absolute atomic E-state index is 0.0145. The van der Waals surface area contributed by atoms with Crippen molar-refractivity contribution in [1.82, 2.24) is 46.4 Å². The van der Waals surface area contributed by atoms with Gasteiger partial charge in [0, 0.05) is 38.7 Å². The molecular formula is C49H67N13O12. The number of imidazole rings is 1. The molecule has 2 aliphatic rings. The first-order valence-electron chi connectivity index (χ1n) is 24.4. The first-order chi connectivity index (χ1) is 35.3. The number of amides is 7. The third kappa shape index (κ3) is 15.5. The van der Waals surface area contributed by atoms with Crippen molar-refractivity contribution in [1.29, 1.82) is 5.41 Å². The number of carbonyl (C=O) groups is 9. The number of rotatable bonds is 26. The Labute approximate surface area is 427 Å². The fourth-order valence-corrected chi connectivity index (χ4v) is 8.91. The van der Waals surface area contributed by atoms with Gasteiger partial charge in [-0.15, -0.1) is 0 Å². The Bertz CT molecular complexity index is 2490. The van der Waals surface area contributed by atoms with Crippen molar-refractivity contribution in [3.8, 4) is 5.75 Å². The van der Waals surface area contributed by atoms with Gasteiger partial charge in [0.25, 0.3) is 5.91 Å². The molecule has 2 aliphatic heterocycles. The van der Waals surface area contributed by atoms with Gasteiger partial charge in [-0.2, -0.15) is 0 Å². The van der Waals surface area contributed by atoms with Crippen LogP contribution in [0.3, 0.4) is 0 Å². The second-order valence-corrected chi connectivity index (χ2v) is 18.3. The Morgan fingerprint density at radius 2 is 1.49 bits per heavy atom. The van der Waals surface area contributed by atoms with Crippen LogP contribution >= 0.6 is 0 Å². The van der Waals surface area contributed by atoms with Crippen LogP contribution < -0.4 is 48.1 Å². The van der Waals surface area contributed by atoms with Gasteiger partial charge in [0.2, 0.25) is 35.4 Å². The number of aromatic nitrogens is 2. The summed E-state index contributed by atoms with van der Waals surface area (Å²) in [4.78, 5) is 131. The second kappa shape index (κ2) is 27.1. The van der Waals surface area contributed by atoms with Crippen molar-refractivity contribution in [2.45, 2.75) is 120 Å². The average Bonchev–Trinajstić information content (AvgIpc) is 4.19. The van der Waals surface area contributed by atoms with E-state index >= 15 is 0 Å². The summed E-state index contributed by atoms with van der Waals surface area (Å²) in [6.07, 6.45) is 4.18. The van der Waals surface area contributed by atoms with Crippen LogP contribution in [0.5, 0.6) is 5.75 Å². The number of nitrogens with two attached hydrogens (primary N) is 2. The highest BCUT2D eigenvalue weighted by Crippen LogP contribution is 2.31. The van der Waals surface area contributed by atoms with Crippen LogP contribution in [0.1, 0.15) is 86.8 Å². The molecule has 0 saturated carbocycles. The molecule has 25 nitrogen and oxygen atoms in total. The number of guanidine groups is 1. The van der Waals surface area contributed by atoms with Crippen molar-refractivity contribution >= 4 is 64.9 Å². The molecule has 8 atom stereocenters. The molecule has 0 spiro atoms. The number of aromatic amines is 1. The summed E-state index contributed by atoms with van der Waals surface area (Å²) < 4.78 is 5.66. The number of hydrogen-bond donors (Lipinski definition) is 12. The van der Waals surface area contributed by atoms with E-state index in [-0.39, 0.29) is 81.1 Å². The standard InChI is InChI=1S/C49H67N13O12/c1-4-27(2)39(45(69)58-34(23-29-25-53-26-55-29)47(71)62-21-11-18-37(62)44(68)59-35(48(72)73)22-28-12-6-5-7-13-28)60-41(65)30-14-8-15-32(40(30)74-3)56-43(67)36-17-10-20-61(36)46(70)33(16-9-19-54-49(51)52)57-42(66)31(50)24-38(63)64/h5-8,12-15,25-27,31,33-37,39H,4,9-11,16-24,50H2,1-3H3,(H,53,55)(H,56,67)(H,57,66)(H,58,69)(H,59,68)(H,60,65)(H,63,64)(H,72,73)(H4,51,52,54). The Morgan fingerprint density at radius 1 is 0.838 bits per heavy atom. The van der Waals surface area contributed by atoms with Crippen LogP contribution in [0.25, 0.3) is 0 Å². The first-order valence-corrected chi connectivity index (χ1v) is 24.4. The fraction of sp³-hybridized carbons (Fsp3) is 0.490. The maximum Gasteiger partial charge on any atom is 0.326 e. The molecule has 400 valence electrons. The van der Waals surface area contributed by atoms with E-state index in [1.54, 1.807) is 43.5 Å². The molecule has 1 aromatic heterocycles. The molecular weight excluding hydrogens is 963 g/mol. The monoisotopic (exact) mass is 1030 g/mol. The van der Waals surface area contributed by atoms with E-state index < -0.39 is 108 Å². The van der Waals surface area contributed by atoms with E-state index in [0.717, 1.165) is 0 Å². The summed E-state index contributed by atoms with van der Waals surface area (Å²) in [6.45, 7) is 4.01. The number of likely N-dealkylation sites (tertiary alicyclic amines) is 2. The third-order valence-corrected chi connectivity index (χ3v) is 13.0. The summed E-state index contributed by atoms with van der Waals surface area (Å²) >= 11 is 0. The molecule has 5 rings (SSSR count). The molecule has 0 bridgehead atoms. The average molecular weight is 1030 g/mol. The van der Waals surface area contributed by atoms with Gasteiger partial charge in [-0.3, -0.25) is 43.8 Å². The van der Waals surface area contributed by atoms with Crippen LogP contribution in [-0.2, 0) is 51.2 Å². The fourth-order valence-electron chi connectivity index (χ4n) is 8.91. The Kier molecular flexibility index (Phi) is 20.8. The van der Waals surface area contributed by atoms with Gasteiger partial charge in [-0.05, 0) is 62.1 Å². The van der Waals surface area contributed by atoms with Gasteiger partial charge in [0.1, 0.15) is 36.3 Å². The third-order valence-electron chi connectivity index (χ3n) is 13.0. The number of anilines is 1. The number of hydrogen-bond acceptors (Lipinski definition) is 13. The highest BCUT2D eigenvalue weighted by Gasteiger charge is 2.41. The first kappa shape index (κ1) is 56.8. The molecule has 7 amide bonds. The smallest absolute Gasteiger partial charge is 0.326 e. The number of aliphatic carboxylic acids is 2. The maximum absolute atomic E-state index is 14.5. The largest absolute Gasteiger partial charge is 0.494 e. The number of carboxylic acids is 2. The van der Waals surface area contributed by atoms with Gasteiger partial charge in [0.05, 0.1) is 42.8 Å². The van der Waals surface area contributed by atoms with E-state index in [4.69, 9.17) is 26.7 Å². The summed E-state index contributed by atoms with van der Waals surface area (Å²) in [5.74, 6) is -8.37. The number of nitrogens with zero attached hydrogens (tertiary/aromatic N) is 3. The molecule has 2 aromatic carbocycles. The summed E-state index contributed by atoms with van der Waals surface area (Å²) in [6, 6.07) is 4.62. The molecule has 0 radical (unpaired) electrons. The van der Waals surface area contributed by atoms with Crippen molar-refractivity contribution in [2.24, 2.45) is 17.4 Å². The van der Waals surface area contributed by atoms with Crippen molar-refractivity contribution in [3.63, 3.8) is 0 Å². The predicted molar refractivity (Wildman–Crippen MR) is 267 cm³/mol. The quantitative estimate of drug-likeness (QED) is 0.0276. The number of nitrogens with one attached hydrogen (secondary N) is 8. The number of methoxy groups -OCH3 is 1. The van der Waals surface area contributed by atoms with Crippen LogP contribution in [0.15, 0.2) is 61.1 Å². The molecule has 8 unspecified atom stereocenters. The Morgan fingerprint density at radius 3 is 2.08 bits per heavy atom. The van der Waals surface area contributed by atoms with E-state index in [9.17, 15) is 48.3 Å². The van der Waals surface area contributed by atoms with E-state index in [1.807, 2.05) is 6.92 Å². The summed E-state index contributed by atoms with van der Waals surface area (Å²) in [5, 5.41) is 42.6. The van der Waals surface area contributed by atoms with Crippen LogP contribution in [-0.4, -0.2) is 158 Å². The van der Waals surface area contributed by atoms with Crippen LogP contribution in [0.4, 0.5) is 5.69 Å². The zero-order chi connectivity index (χ0) is 54.1. The zero-order valence-electron chi connectivity index (χ0n) is 41.6. The lowest BCUT2D eigenvalue weighted by atomic mass is 9.96. The van der Waals surface area contributed by atoms with E-state index in [0.29, 0.717) is 30.5 Å². The lowest BCUT2D eigenvalue weighted by Gasteiger charge is -2.31. The SMILES string of the molecule is CCC(C)C(NC(=O)c1cccc(NC(=O)C2CCCN2C(=O)C(CCCNC(=N)N)NC(=O)C(N)CC(=O)O)c1OC)C(=O)NC(Cc1c[nH]cn1)C(=O)N1CCCC1C(=O)NC(Cc1ccccc1)C(=O)O. The van der Waals surface area contributed by atoms with Gasteiger partial charge in [-0.1, -0.05) is 56.7 Å². The number of para-hydroxylation sites is 1. The van der Waals surface area contributed by atoms with Gasteiger partial charge < -0.3 is 73.1 Å². The number of H-pyrrole nitrogens is 1. The number of carboxylic acid groups (broad SMARTS) is 2. The van der Waals surface area contributed by atoms with Gasteiger partial charge in [-0.25, -0.2) is 9.78 Å². The molecule has 14 N–H and O–H groups in total. The van der Waals surface area contributed by atoms with Gasteiger partial charge in [0.15, 0.2) is 11.7 Å². The van der Waals surface area contributed by atoms with Crippen molar-refractivity contribution in [2.75, 3.05) is 32.1 Å². The molecule has 3 heterocycles. The van der Waals surface area contributed by atoms with Gasteiger partial charge >= 0.3 is 11.9 Å². The number of benzene rings is 2. The van der Waals surface area contributed by atoms with Crippen molar-refractivity contribution < 1.29 is 58.1 Å². The highest BCUT2D eigenvalue weighted by atomic mass is 16.5. The Hall–Kier alpha value is -8.09. The van der Waals surface area contributed by atoms with E-state index in [2.05, 4.69) is 41.9 Å².